The maximum Gasteiger partial charge on any atom is 0.415 e. The molecule has 0 aliphatic carbocycles. The van der Waals surface area contributed by atoms with Gasteiger partial charge in [-0.1, -0.05) is 29.8 Å². The van der Waals surface area contributed by atoms with Gasteiger partial charge in [-0.2, -0.15) is 9.59 Å². The SMILES string of the molecule is CCOc1cc(CN2CCC3(CC2)CN(c2ccccc2)C(=O)O3)cc2c(OC)cc(Cl)cc12.O=C=O. The number of nitrogens with zero attached hydrogens (tertiary/aromatic N) is 2. The summed E-state index contributed by atoms with van der Waals surface area (Å²) in [6.07, 6.45) is 1.63. The number of methoxy groups -OCH3 is 1. The summed E-state index contributed by atoms with van der Waals surface area (Å²) in [6, 6.07) is 17.8. The molecule has 0 bridgehead atoms. The zero-order chi connectivity index (χ0) is 26.4. The Morgan fingerprint density at radius 1 is 1.03 bits per heavy atom. The van der Waals surface area contributed by atoms with Crippen molar-refractivity contribution < 1.29 is 28.6 Å². The molecular weight excluding hydrogens is 496 g/mol. The van der Waals surface area contributed by atoms with Crippen molar-refractivity contribution in [2.75, 3.05) is 38.3 Å². The van der Waals surface area contributed by atoms with E-state index in [2.05, 4.69) is 17.0 Å². The molecule has 0 N–H and O–H groups in total. The molecule has 5 rings (SSSR count). The maximum absolute atomic E-state index is 12.6. The Morgan fingerprint density at radius 3 is 2.35 bits per heavy atom. The van der Waals surface area contributed by atoms with Crippen LogP contribution in [0.3, 0.4) is 0 Å². The molecule has 0 unspecified atom stereocenters. The molecule has 8 nitrogen and oxygen atoms in total. The lowest BCUT2D eigenvalue weighted by molar-refractivity contribution is -0.191. The van der Waals surface area contributed by atoms with Gasteiger partial charge in [-0.25, -0.2) is 4.79 Å². The molecule has 0 saturated carbocycles. The summed E-state index contributed by atoms with van der Waals surface area (Å²) in [4.78, 5) is 33.0. The first-order valence-corrected chi connectivity index (χ1v) is 12.5. The average Bonchev–Trinajstić information content (AvgIpc) is 3.22. The van der Waals surface area contributed by atoms with E-state index in [0.717, 1.165) is 66.0 Å². The molecule has 0 radical (unpaired) electrons. The fraction of sp³-hybridized carbons (Fsp3) is 0.357. The number of halogens is 1. The van der Waals surface area contributed by atoms with E-state index >= 15 is 0 Å². The Kier molecular flexibility index (Phi) is 8.34. The van der Waals surface area contributed by atoms with Crippen LogP contribution in [0, 0.1) is 0 Å². The molecule has 2 aliphatic rings. The lowest BCUT2D eigenvalue weighted by atomic mass is 9.91. The van der Waals surface area contributed by atoms with Crippen LogP contribution in [0.15, 0.2) is 54.6 Å². The maximum atomic E-state index is 12.6. The molecule has 1 amide bonds. The Hall–Kier alpha value is -3.58. The van der Waals surface area contributed by atoms with Crippen molar-refractivity contribution in [2.45, 2.75) is 31.9 Å². The molecule has 9 heteroatoms. The summed E-state index contributed by atoms with van der Waals surface area (Å²) >= 11 is 6.31. The van der Waals surface area contributed by atoms with Gasteiger partial charge in [0, 0.05) is 54.0 Å². The van der Waals surface area contributed by atoms with Crippen molar-refractivity contribution in [3.63, 3.8) is 0 Å². The van der Waals surface area contributed by atoms with E-state index in [4.69, 9.17) is 35.4 Å². The van der Waals surface area contributed by atoms with E-state index in [1.807, 2.05) is 49.4 Å². The van der Waals surface area contributed by atoms with Gasteiger partial charge in [0.2, 0.25) is 0 Å². The lowest BCUT2D eigenvalue weighted by Gasteiger charge is -2.37. The van der Waals surface area contributed by atoms with Crippen LogP contribution in [-0.4, -0.2) is 56.1 Å². The third-order valence-electron chi connectivity index (χ3n) is 6.75. The minimum atomic E-state index is -0.413. The largest absolute Gasteiger partial charge is 0.496 e. The van der Waals surface area contributed by atoms with Crippen LogP contribution in [0.4, 0.5) is 10.5 Å². The van der Waals surface area contributed by atoms with Crippen LogP contribution in [-0.2, 0) is 20.9 Å². The number of ether oxygens (including phenoxy) is 3. The third kappa shape index (κ3) is 5.88. The number of carbonyl (C=O) groups is 1. The van der Waals surface area contributed by atoms with E-state index in [1.54, 1.807) is 12.0 Å². The second-order valence-electron chi connectivity index (χ2n) is 9.06. The number of anilines is 1. The standard InChI is InChI=1S/C27H29ClN2O4.CO2/c1-3-33-25-14-19(13-22-23(25)15-20(28)16-24(22)32-2)17-29-11-9-27(10-12-29)18-30(26(31)34-27)21-7-5-4-6-8-21;2-1-3/h4-8,13-16H,3,9-12,17-18H2,1-2H3;. The van der Waals surface area contributed by atoms with Gasteiger partial charge < -0.3 is 14.2 Å². The van der Waals surface area contributed by atoms with E-state index in [0.29, 0.717) is 18.2 Å². The van der Waals surface area contributed by atoms with Gasteiger partial charge in [-0.05, 0) is 48.9 Å². The Balaban J connectivity index is 0.00000102. The second kappa shape index (κ2) is 11.6. The van der Waals surface area contributed by atoms with Crippen molar-refractivity contribution in [2.24, 2.45) is 0 Å². The molecule has 3 aromatic rings. The topological polar surface area (TPSA) is 85.4 Å². The van der Waals surface area contributed by atoms with Gasteiger partial charge in [0.1, 0.15) is 17.1 Å². The predicted molar refractivity (Wildman–Crippen MR) is 139 cm³/mol. The molecule has 2 fully saturated rings. The van der Waals surface area contributed by atoms with Crippen LogP contribution in [0.25, 0.3) is 10.8 Å². The number of rotatable bonds is 6. The van der Waals surface area contributed by atoms with Crippen LogP contribution in [0.2, 0.25) is 5.02 Å². The molecule has 2 saturated heterocycles. The number of likely N-dealkylation sites (tertiary alicyclic amines) is 1. The molecule has 37 heavy (non-hydrogen) atoms. The molecule has 0 aromatic heterocycles. The quantitative estimate of drug-likeness (QED) is 0.432. The van der Waals surface area contributed by atoms with Gasteiger partial charge in [0.05, 0.1) is 20.3 Å². The number of para-hydroxylation sites is 1. The minimum Gasteiger partial charge on any atom is -0.496 e. The van der Waals surface area contributed by atoms with E-state index < -0.39 is 5.60 Å². The number of benzene rings is 3. The Labute approximate surface area is 220 Å². The molecular formula is C28H29ClN2O6. The van der Waals surface area contributed by atoms with Gasteiger partial charge in [-0.15, -0.1) is 0 Å². The summed E-state index contributed by atoms with van der Waals surface area (Å²) in [5.41, 5.74) is 1.63. The van der Waals surface area contributed by atoms with Crippen molar-refractivity contribution >= 4 is 40.3 Å². The first-order valence-electron chi connectivity index (χ1n) is 12.1. The van der Waals surface area contributed by atoms with Gasteiger partial charge in [-0.3, -0.25) is 9.80 Å². The van der Waals surface area contributed by atoms with Crippen LogP contribution in [0.1, 0.15) is 25.3 Å². The zero-order valence-electron chi connectivity index (χ0n) is 20.9. The smallest absolute Gasteiger partial charge is 0.415 e. The fourth-order valence-corrected chi connectivity index (χ4v) is 5.23. The molecule has 3 aromatic carbocycles. The molecule has 2 heterocycles. The molecule has 1 spiro atoms. The highest BCUT2D eigenvalue weighted by Crippen LogP contribution is 2.39. The predicted octanol–water partition coefficient (Wildman–Crippen LogP) is 5.31. The lowest BCUT2D eigenvalue weighted by Crippen LogP contribution is -2.46. The van der Waals surface area contributed by atoms with E-state index in [1.165, 1.54) is 0 Å². The highest BCUT2D eigenvalue weighted by molar-refractivity contribution is 6.31. The number of fused-ring (bicyclic) bond motifs is 1. The number of carbonyl (C=O) groups excluding carboxylic acids is 3. The van der Waals surface area contributed by atoms with Gasteiger partial charge in [0.15, 0.2) is 0 Å². The van der Waals surface area contributed by atoms with Gasteiger partial charge >= 0.3 is 12.2 Å². The number of hydrogen-bond acceptors (Lipinski definition) is 7. The first-order chi connectivity index (χ1) is 17.9. The molecule has 2 aliphatic heterocycles. The fourth-order valence-electron chi connectivity index (χ4n) is 5.02. The second-order valence-corrected chi connectivity index (χ2v) is 9.50. The van der Waals surface area contributed by atoms with Crippen LogP contribution in [0.5, 0.6) is 11.5 Å². The summed E-state index contributed by atoms with van der Waals surface area (Å²) in [5.74, 6) is 1.55. The zero-order valence-corrected chi connectivity index (χ0v) is 21.6. The van der Waals surface area contributed by atoms with Crippen LogP contribution >= 0.6 is 11.6 Å². The highest BCUT2D eigenvalue weighted by Gasteiger charge is 2.47. The Bertz CT molecular complexity index is 1280. The normalized spacial score (nSPS) is 16.6. The average molecular weight is 525 g/mol. The monoisotopic (exact) mass is 524 g/mol. The van der Waals surface area contributed by atoms with Crippen molar-refractivity contribution in [3.8, 4) is 11.5 Å². The summed E-state index contributed by atoms with van der Waals surface area (Å²) < 4.78 is 17.5. The van der Waals surface area contributed by atoms with E-state index in [-0.39, 0.29) is 12.2 Å². The number of hydrogen-bond donors (Lipinski definition) is 0. The Morgan fingerprint density at radius 2 is 1.70 bits per heavy atom. The highest BCUT2D eigenvalue weighted by atomic mass is 35.5. The number of piperidine rings is 1. The summed E-state index contributed by atoms with van der Waals surface area (Å²) in [5, 5.41) is 2.56. The first kappa shape index (κ1) is 26.5. The van der Waals surface area contributed by atoms with E-state index in [9.17, 15) is 4.79 Å². The summed E-state index contributed by atoms with van der Waals surface area (Å²) in [7, 11) is 1.66. The van der Waals surface area contributed by atoms with Gasteiger partial charge in [0.25, 0.3) is 0 Å². The van der Waals surface area contributed by atoms with Crippen LogP contribution < -0.4 is 14.4 Å². The van der Waals surface area contributed by atoms with Crippen molar-refractivity contribution in [1.82, 2.24) is 4.90 Å². The molecule has 194 valence electrons. The third-order valence-corrected chi connectivity index (χ3v) is 6.97. The van der Waals surface area contributed by atoms with Crippen molar-refractivity contribution in [3.05, 3.63) is 65.2 Å². The van der Waals surface area contributed by atoms with Crippen molar-refractivity contribution in [1.29, 1.82) is 0 Å². The summed E-state index contributed by atoms with van der Waals surface area (Å²) in [6.45, 7) is 5.65. The number of amides is 1. The molecule has 0 atom stereocenters. The minimum absolute atomic E-state index is 0.249.